The summed E-state index contributed by atoms with van der Waals surface area (Å²) in [7, 11) is 0. The second-order valence-corrected chi connectivity index (χ2v) is 6.66. The van der Waals surface area contributed by atoms with Crippen molar-refractivity contribution < 1.29 is 4.92 Å². The summed E-state index contributed by atoms with van der Waals surface area (Å²) in [5.41, 5.74) is 2.49. The third-order valence-electron chi connectivity index (χ3n) is 4.06. The van der Waals surface area contributed by atoms with Crippen LogP contribution in [-0.2, 0) is 6.54 Å². The van der Waals surface area contributed by atoms with E-state index in [1.165, 1.54) is 19.3 Å². The number of benzene rings is 1. The van der Waals surface area contributed by atoms with Crippen LogP contribution in [0.5, 0.6) is 0 Å². The largest absolute Gasteiger partial charge is 0.297 e. The van der Waals surface area contributed by atoms with Crippen molar-refractivity contribution in [2.24, 2.45) is 0 Å². The Kier molecular flexibility index (Phi) is 4.49. The van der Waals surface area contributed by atoms with E-state index in [9.17, 15) is 10.1 Å². The van der Waals surface area contributed by atoms with Gasteiger partial charge >= 0.3 is 0 Å². The molecule has 0 amide bonds. The second kappa shape index (κ2) is 6.54. The molecule has 116 valence electrons. The number of nitro benzene ring substituents is 1. The lowest BCUT2D eigenvalue weighted by Crippen LogP contribution is -2.28. The molecule has 2 aromatic rings. The Labute approximate surface area is 133 Å². The van der Waals surface area contributed by atoms with Crippen molar-refractivity contribution in [2.45, 2.75) is 32.7 Å². The van der Waals surface area contributed by atoms with Gasteiger partial charge in [0.2, 0.25) is 0 Å². The van der Waals surface area contributed by atoms with Gasteiger partial charge in [0.1, 0.15) is 5.01 Å². The monoisotopic (exact) mass is 317 g/mol. The molecule has 0 radical (unpaired) electrons. The number of likely N-dealkylation sites (tertiary alicyclic amines) is 1. The fraction of sp³-hybridized carbons (Fsp3) is 0.438. The molecule has 1 aliphatic heterocycles. The van der Waals surface area contributed by atoms with E-state index in [1.807, 2.05) is 11.4 Å². The lowest BCUT2D eigenvalue weighted by atomic mass is 10.1. The molecule has 0 atom stereocenters. The number of nitro groups is 1. The maximum atomic E-state index is 11.1. The van der Waals surface area contributed by atoms with E-state index in [0.29, 0.717) is 5.56 Å². The van der Waals surface area contributed by atoms with Gasteiger partial charge < -0.3 is 0 Å². The van der Waals surface area contributed by atoms with Crippen molar-refractivity contribution in [2.75, 3.05) is 13.1 Å². The molecule has 1 aliphatic rings. The first-order chi connectivity index (χ1) is 10.6. The second-order valence-electron chi connectivity index (χ2n) is 5.72. The highest BCUT2D eigenvalue weighted by atomic mass is 32.1. The van der Waals surface area contributed by atoms with Gasteiger partial charge in [-0.2, -0.15) is 0 Å². The predicted octanol–water partition coefficient (Wildman–Crippen LogP) is 4.01. The third-order valence-corrected chi connectivity index (χ3v) is 4.89. The van der Waals surface area contributed by atoms with Crippen LogP contribution >= 0.6 is 11.3 Å². The Bertz CT molecular complexity index is 678. The first-order valence-corrected chi connectivity index (χ1v) is 8.43. The van der Waals surface area contributed by atoms with Gasteiger partial charge in [0.05, 0.1) is 17.2 Å². The first-order valence-electron chi connectivity index (χ1n) is 7.55. The lowest BCUT2D eigenvalue weighted by molar-refractivity contribution is -0.385. The minimum Gasteiger partial charge on any atom is -0.297 e. The number of hydrogen-bond donors (Lipinski definition) is 0. The molecule has 0 aliphatic carbocycles. The Morgan fingerprint density at radius 1 is 1.32 bits per heavy atom. The van der Waals surface area contributed by atoms with E-state index in [1.54, 1.807) is 30.4 Å². The van der Waals surface area contributed by atoms with Gasteiger partial charge in [0.25, 0.3) is 5.69 Å². The van der Waals surface area contributed by atoms with Crippen LogP contribution in [0.3, 0.4) is 0 Å². The summed E-state index contributed by atoms with van der Waals surface area (Å²) in [4.78, 5) is 17.8. The molecule has 1 fully saturated rings. The van der Waals surface area contributed by atoms with Crippen molar-refractivity contribution in [1.82, 2.24) is 9.88 Å². The number of piperidine rings is 1. The highest BCUT2D eigenvalue weighted by Gasteiger charge is 2.15. The minimum absolute atomic E-state index is 0.156. The SMILES string of the molecule is Cc1ccc(-c2csc(CN3CCCCC3)n2)cc1[N+](=O)[O-]. The molecule has 1 saturated heterocycles. The Balaban J connectivity index is 1.78. The summed E-state index contributed by atoms with van der Waals surface area (Å²) < 4.78 is 0. The molecular formula is C16H19N3O2S. The molecule has 0 unspecified atom stereocenters. The van der Waals surface area contributed by atoms with Gasteiger partial charge in [0, 0.05) is 22.6 Å². The number of aryl methyl sites for hydroxylation is 1. The van der Waals surface area contributed by atoms with Crippen molar-refractivity contribution >= 4 is 17.0 Å². The Morgan fingerprint density at radius 2 is 2.09 bits per heavy atom. The number of rotatable bonds is 4. The number of aromatic nitrogens is 1. The molecule has 5 nitrogen and oxygen atoms in total. The quantitative estimate of drug-likeness (QED) is 0.631. The maximum absolute atomic E-state index is 11.1. The van der Waals surface area contributed by atoms with Gasteiger partial charge in [-0.1, -0.05) is 18.6 Å². The van der Waals surface area contributed by atoms with Crippen LogP contribution in [0.15, 0.2) is 23.6 Å². The fourth-order valence-electron chi connectivity index (χ4n) is 2.79. The van der Waals surface area contributed by atoms with Crippen LogP contribution in [0.4, 0.5) is 5.69 Å². The first kappa shape index (κ1) is 15.1. The molecule has 3 rings (SSSR count). The zero-order valence-electron chi connectivity index (χ0n) is 12.6. The van der Waals surface area contributed by atoms with Gasteiger partial charge in [-0.05, 0) is 32.9 Å². The van der Waals surface area contributed by atoms with Gasteiger partial charge in [-0.15, -0.1) is 11.3 Å². The maximum Gasteiger partial charge on any atom is 0.272 e. The van der Waals surface area contributed by atoms with Gasteiger partial charge in [0.15, 0.2) is 0 Å². The molecule has 0 saturated carbocycles. The smallest absolute Gasteiger partial charge is 0.272 e. The summed E-state index contributed by atoms with van der Waals surface area (Å²) in [5, 5.41) is 14.1. The van der Waals surface area contributed by atoms with E-state index in [2.05, 4.69) is 9.88 Å². The van der Waals surface area contributed by atoms with Crippen molar-refractivity contribution in [3.63, 3.8) is 0 Å². The van der Waals surface area contributed by atoms with Crippen LogP contribution in [-0.4, -0.2) is 27.9 Å². The molecule has 1 aromatic heterocycles. The van der Waals surface area contributed by atoms with Gasteiger partial charge in [-0.25, -0.2) is 4.98 Å². The van der Waals surface area contributed by atoms with E-state index < -0.39 is 0 Å². The van der Waals surface area contributed by atoms with Gasteiger partial charge in [-0.3, -0.25) is 15.0 Å². The van der Waals surface area contributed by atoms with Crippen molar-refractivity contribution in [1.29, 1.82) is 0 Å². The zero-order chi connectivity index (χ0) is 15.5. The summed E-state index contributed by atoms with van der Waals surface area (Å²) >= 11 is 1.63. The highest BCUT2D eigenvalue weighted by Crippen LogP contribution is 2.28. The highest BCUT2D eigenvalue weighted by molar-refractivity contribution is 7.09. The number of hydrogen-bond acceptors (Lipinski definition) is 5. The molecule has 6 heteroatoms. The summed E-state index contributed by atoms with van der Waals surface area (Å²) in [5.74, 6) is 0. The van der Waals surface area contributed by atoms with Crippen molar-refractivity contribution in [3.05, 3.63) is 44.3 Å². The van der Waals surface area contributed by atoms with E-state index >= 15 is 0 Å². The predicted molar refractivity (Wildman–Crippen MR) is 88.1 cm³/mol. The molecule has 22 heavy (non-hydrogen) atoms. The van der Waals surface area contributed by atoms with E-state index in [4.69, 9.17) is 0 Å². The Hall–Kier alpha value is -1.79. The van der Waals surface area contributed by atoms with Crippen LogP contribution < -0.4 is 0 Å². The van der Waals surface area contributed by atoms with Crippen molar-refractivity contribution in [3.8, 4) is 11.3 Å². The number of nitrogens with zero attached hydrogens (tertiary/aromatic N) is 3. The summed E-state index contributed by atoms with van der Waals surface area (Å²) in [6.07, 6.45) is 3.86. The molecule has 0 bridgehead atoms. The number of thiazole rings is 1. The van der Waals surface area contributed by atoms with E-state index in [-0.39, 0.29) is 10.6 Å². The van der Waals surface area contributed by atoms with E-state index in [0.717, 1.165) is 35.9 Å². The zero-order valence-corrected chi connectivity index (χ0v) is 13.4. The summed E-state index contributed by atoms with van der Waals surface area (Å²) in [6, 6.07) is 5.31. The van der Waals surface area contributed by atoms with Crippen LogP contribution in [0.25, 0.3) is 11.3 Å². The molecule has 1 aromatic carbocycles. The third kappa shape index (κ3) is 3.34. The Morgan fingerprint density at radius 3 is 2.82 bits per heavy atom. The normalized spacial score (nSPS) is 15.9. The molecular weight excluding hydrogens is 298 g/mol. The molecule has 0 N–H and O–H groups in total. The topological polar surface area (TPSA) is 59.3 Å². The molecule has 0 spiro atoms. The molecule has 2 heterocycles. The van der Waals surface area contributed by atoms with Crippen LogP contribution in [0.1, 0.15) is 29.8 Å². The average molecular weight is 317 g/mol. The van der Waals surface area contributed by atoms with Crippen LogP contribution in [0.2, 0.25) is 0 Å². The van der Waals surface area contributed by atoms with Crippen LogP contribution in [0, 0.1) is 17.0 Å². The average Bonchev–Trinajstić information content (AvgIpc) is 2.97. The fourth-order valence-corrected chi connectivity index (χ4v) is 3.63. The standard InChI is InChI=1S/C16H19N3O2S/c1-12-5-6-13(9-15(12)19(20)21)14-11-22-16(17-14)10-18-7-3-2-4-8-18/h5-6,9,11H,2-4,7-8,10H2,1H3. The lowest BCUT2D eigenvalue weighted by Gasteiger charge is -2.25. The summed E-state index contributed by atoms with van der Waals surface area (Å²) in [6.45, 7) is 4.93. The minimum atomic E-state index is -0.333.